The van der Waals surface area contributed by atoms with E-state index < -0.39 is 11.7 Å². The van der Waals surface area contributed by atoms with Crippen LogP contribution in [0.3, 0.4) is 0 Å². The van der Waals surface area contributed by atoms with Crippen LogP contribution in [-0.4, -0.2) is 106 Å². The normalized spacial score (nSPS) is 22.0. The van der Waals surface area contributed by atoms with Gasteiger partial charge in [-0.25, -0.2) is 15.1 Å². The van der Waals surface area contributed by atoms with Crippen LogP contribution in [0, 0.1) is 11.8 Å². The van der Waals surface area contributed by atoms with Crippen LogP contribution in [0.25, 0.3) is 0 Å². The summed E-state index contributed by atoms with van der Waals surface area (Å²) in [4.78, 5) is 53.6. The summed E-state index contributed by atoms with van der Waals surface area (Å²) in [5.74, 6) is 0.0121. The van der Waals surface area contributed by atoms with Gasteiger partial charge in [-0.1, -0.05) is 0 Å². The number of likely N-dealkylation sites (tertiary alicyclic amines) is 1. The Labute approximate surface area is 233 Å². The highest BCUT2D eigenvalue weighted by Crippen LogP contribution is 2.29. The second-order valence-electron chi connectivity index (χ2n) is 11.0. The van der Waals surface area contributed by atoms with Gasteiger partial charge in [-0.3, -0.25) is 19.3 Å². The number of alkyl halides is 3. The molecule has 0 aromatic carbocycles. The number of carbonyl (C=O) groups excluding carboxylic acids is 2. The molecule has 2 aromatic heterocycles. The fraction of sp³-hybridized carbons (Fsp3) is 0.615. The highest BCUT2D eigenvalue weighted by molar-refractivity contribution is 5.80. The molecule has 4 aliphatic rings. The number of anilines is 1. The summed E-state index contributed by atoms with van der Waals surface area (Å²) in [6, 6.07) is 0. The zero-order chi connectivity index (χ0) is 28.7. The van der Waals surface area contributed by atoms with Gasteiger partial charge in [0.15, 0.2) is 0 Å². The van der Waals surface area contributed by atoms with Crippen molar-refractivity contribution in [1.29, 1.82) is 0 Å². The van der Waals surface area contributed by atoms with E-state index in [9.17, 15) is 27.6 Å². The lowest BCUT2D eigenvalue weighted by atomic mass is 9.95. The van der Waals surface area contributed by atoms with Gasteiger partial charge in [0, 0.05) is 89.0 Å². The van der Waals surface area contributed by atoms with E-state index in [1.165, 1.54) is 0 Å². The van der Waals surface area contributed by atoms with Gasteiger partial charge >= 0.3 is 6.18 Å². The Morgan fingerprint density at radius 2 is 1.68 bits per heavy atom. The summed E-state index contributed by atoms with van der Waals surface area (Å²) >= 11 is 0. The lowest BCUT2D eigenvalue weighted by Gasteiger charge is -2.43. The molecule has 4 aliphatic heterocycles. The van der Waals surface area contributed by atoms with E-state index in [1.807, 2.05) is 0 Å². The summed E-state index contributed by atoms with van der Waals surface area (Å²) < 4.78 is 43.7. The molecule has 6 heterocycles. The van der Waals surface area contributed by atoms with E-state index in [1.54, 1.807) is 14.7 Å². The van der Waals surface area contributed by atoms with Crippen LogP contribution < -0.4 is 10.5 Å². The molecule has 1 unspecified atom stereocenters. The van der Waals surface area contributed by atoms with Crippen molar-refractivity contribution in [3.63, 3.8) is 0 Å². The molecule has 12 nitrogen and oxygen atoms in total. The molecule has 0 aliphatic carbocycles. The van der Waals surface area contributed by atoms with Gasteiger partial charge in [0.25, 0.3) is 5.56 Å². The molecule has 0 spiro atoms. The largest absolute Gasteiger partial charge is 0.419 e. The number of hydrogen-bond donors (Lipinski definition) is 1. The van der Waals surface area contributed by atoms with E-state index in [4.69, 9.17) is 4.74 Å². The summed E-state index contributed by atoms with van der Waals surface area (Å²) in [6.45, 7) is 5.18. The number of H-pyrrole nitrogens is 1. The van der Waals surface area contributed by atoms with Gasteiger partial charge in [-0.15, -0.1) is 0 Å². The van der Waals surface area contributed by atoms with E-state index in [0.29, 0.717) is 90.5 Å². The van der Waals surface area contributed by atoms with Crippen molar-refractivity contribution in [2.24, 2.45) is 11.8 Å². The topological polar surface area (TPSA) is 128 Å². The molecular weight excluding hydrogens is 545 g/mol. The molecule has 6 rings (SSSR count). The number of nitrogens with one attached hydrogen (secondary N) is 1. The van der Waals surface area contributed by atoms with Crippen LogP contribution in [0.2, 0.25) is 0 Å². The number of halogens is 3. The van der Waals surface area contributed by atoms with Crippen LogP contribution in [0.4, 0.5) is 19.1 Å². The van der Waals surface area contributed by atoms with E-state index >= 15 is 0 Å². The van der Waals surface area contributed by atoms with Crippen LogP contribution in [-0.2, 0) is 40.0 Å². The first-order valence-electron chi connectivity index (χ1n) is 13.8. The number of piperazine rings is 1. The Balaban J connectivity index is 1.01. The van der Waals surface area contributed by atoms with Crippen molar-refractivity contribution in [1.82, 2.24) is 34.9 Å². The molecule has 1 atom stereocenters. The molecule has 0 radical (unpaired) electrons. The summed E-state index contributed by atoms with van der Waals surface area (Å²) in [6.07, 6.45) is -1.75. The Hall–Kier alpha value is -3.59. The fourth-order valence-electron chi connectivity index (χ4n) is 5.92. The van der Waals surface area contributed by atoms with Crippen molar-refractivity contribution in [3.8, 4) is 0 Å². The molecule has 3 saturated heterocycles. The first-order chi connectivity index (χ1) is 19.7. The van der Waals surface area contributed by atoms with Gasteiger partial charge < -0.3 is 19.4 Å². The number of fused-ring (bicyclic) bond motifs is 1. The van der Waals surface area contributed by atoms with Crippen molar-refractivity contribution >= 4 is 17.8 Å². The molecule has 220 valence electrons. The van der Waals surface area contributed by atoms with Gasteiger partial charge in [-0.2, -0.15) is 18.3 Å². The molecule has 2 amide bonds. The smallest absolute Gasteiger partial charge is 0.381 e. The predicted octanol–water partition coefficient (Wildman–Crippen LogP) is 0.281. The summed E-state index contributed by atoms with van der Waals surface area (Å²) in [5.41, 5.74) is 1.06. The fourth-order valence-corrected chi connectivity index (χ4v) is 5.92. The number of amides is 2. The first-order valence-corrected chi connectivity index (χ1v) is 13.8. The van der Waals surface area contributed by atoms with Gasteiger partial charge in [0.05, 0.1) is 29.7 Å². The number of rotatable bonds is 5. The van der Waals surface area contributed by atoms with Crippen molar-refractivity contribution in [2.75, 3.05) is 63.9 Å². The third kappa shape index (κ3) is 5.64. The SMILES string of the molecule is O=C(C1CN(Cc2n[nH]c(=O)c3c2CN(C(=O)C2CCOC2)CC3)C1)N1CCN(c2ncc(C(F)(F)F)cn2)CC1. The monoisotopic (exact) mass is 576 g/mol. The zero-order valence-corrected chi connectivity index (χ0v) is 22.4. The first kappa shape index (κ1) is 27.6. The van der Waals surface area contributed by atoms with Gasteiger partial charge in [0.2, 0.25) is 17.8 Å². The third-order valence-electron chi connectivity index (χ3n) is 8.37. The lowest BCUT2D eigenvalue weighted by molar-refractivity contribution is -0.142. The molecule has 41 heavy (non-hydrogen) atoms. The maximum absolute atomic E-state index is 13.1. The highest BCUT2D eigenvalue weighted by atomic mass is 19.4. The minimum atomic E-state index is -4.49. The molecule has 15 heteroatoms. The van der Waals surface area contributed by atoms with E-state index in [0.717, 1.165) is 23.7 Å². The van der Waals surface area contributed by atoms with Gasteiger partial charge in [0.1, 0.15) is 0 Å². The predicted molar refractivity (Wildman–Crippen MR) is 137 cm³/mol. The molecular formula is C26H31F3N8O4. The van der Waals surface area contributed by atoms with Crippen LogP contribution in [0.5, 0.6) is 0 Å². The second-order valence-corrected chi connectivity index (χ2v) is 11.0. The lowest BCUT2D eigenvalue weighted by Crippen LogP contribution is -2.57. The summed E-state index contributed by atoms with van der Waals surface area (Å²) in [7, 11) is 0. The Kier molecular flexibility index (Phi) is 7.40. The van der Waals surface area contributed by atoms with Crippen LogP contribution in [0.15, 0.2) is 17.2 Å². The van der Waals surface area contributed by atoms with Crippen molar-refractivity contribution in [2.45, 2.75) is 32.1 Å². The van der Waals surface area contributed by atoms with Crippen molar-refractivity contribution in [3.05, 3.63) is 45.1 Å². The number of aromatic nitrogens is 4. The standard InChI is InChI=1S/C26H31F3N8O4/c27-26(28,29)18-9-30-25(31-10-18)36-6-4-35(5-7-36)24(40)17-11-34(12-17)14-21-20-13-37(23(39)16-2-8-41-15-16)3-1-19(20)22(38)33-32-21/h9-10,16-17H,1-8,11-15H2,(H,33,38). The van der Waals surface area contributed by atoms with E-state index in [2.05, 4.69) is 25.1 Å². The maximum atomic E-state index is 13.1. The van der Waals surface area contributed by atoms with Crippen LogP contribution >= 0.6 is 0 Å². The number of carbonyl (C=O) groups is 2. The van der Waals surface area contributed by atoms with E-state index in [-0.39, 0.29) is 35.2 Å². The Morgan fingerprint density at radius 3 is 2.34 bits per heavy atom. The maximum Gasteiger partial charge on any atom is 0.419 e. The second kappa shape index (κ2) is 11.0. The third-order valence-corrected chi connectivity index (χ3v) is 8.37. The highest BCUT2D eigenvalue weighted by Gasteiger charge is 2.38. The van der Waals surface area contributed by atoms with Crippen molar-refractivity contribution < 1.29 is 27.5 Å². The molecule has 2 aromatic rings. The average molecular weight is 577 g/mol. The number of nitrogens with zero attached hydrogens (tertiary/aromatic N) is 7. The minimum Gasteiger partial charge on any atom is -0.381 e. The number of hydrogen-bond acceptors (Lipinski definition) is 9. The van der Waals surface area contributed by atoms with Crippen LogP contribution in [0.1, 0.15) is 28.8 Å². The number of aromatic amines is 1. The van der Waals surface area contributed by atoms with Gasteiger partial charge in [-0.05, 0) is 12.8 Å². The Bertz CT molecular complexity index is 1350. The number of ether oxygens (including phenoxy) is 1. The average Bonchev–Trinajstić information content (AvgIpc) is 3.50. The zero-order valence-electron chi connectivity index (χ0n) is 22.4. The molecule has 0 bridgehead atoms. The Morgan fingerprint density at radius 1 is 0.976 bits per heavy atom. The molecule has 0 saturated carbocycles. The molecule has 1 N–H and O–H groups in total. The quantitative estimate of drug-likeness (QED) is 0.534. The molecule has 3 fully saturated rings. The summed E-state index contributed by atoms with van der Waals surface area (Å²) in [5, 5.41) is 6.90. The minimum absolute atomic E-state index is 0.0428.